The number of thiazole rings is 1. The molecule has 1 saturated heterocycles. The number of anilines is 2. The van der Waals surface area contributed by atoms with Crippen LogP contribution in [0.2, 0.25) is 0 Å². The van der Waals surface area contributed by atoms with E-state index < -0.39 is 18.4 Å². The molecule has 1 amide bonds. The smallest absolute Gasteiger partial charge is 0.422 e. The van der Waals surface area contributed by atoms with E-state index in [0.717, 1.165) is 5.56 Å². The quantitative estimate of drug-likeness (QED) is 0.361. The van der Waals surface area contributed by atoms with E-state index in [2.05, 4.69) is 25.4 Å². The van der Waals surface area contributed by atoms with Gasteiger partial charge in [-0.3, -0.25) is 9.48 Å². The van der Waals surface area contributed by atoms with E-state index >= 15 is 0 Å². The van der Waals surface area contributed by atoms with Gasteiger partial charge in [-0.1, -0.05) is 18.2 Å². The summed E-state index contributed by atoms with van der Waals surface area (Å²) in [5.41, 5.74) is 0.894. The number of halogens is 3. The fourth-order valence-electron chi connectivity index (χ4n) is 4.05. The summed E-state index contributed by atoms with van der Waals surface area (Å²) in [5, 5.41) is 20.2. The summed E-state index contributed by atoms with van der Waals surface area (Å²) in [6.45, 7) is -1.01. The Morgan fingerprint density at radius 3 is 2.76 bits per heavy atom. The van der Waals surface area contributed by atoms with Crippen molar-refractivity contribution in [1.29, 1.82) is 0 Å². The normalized spacial score (nSPS) is 17.7. The average Bonchev–Trinajstić information content (AvgIpc) is 3.58. The third-order valence-corrected chi connectivity index (χ3v) is 6.82. The summed E-state index contributed by atoms with van der Waals surface area (Å²) in [6.07, 6.45) is -1.25. The van der Waals surface area contributed by atoms with E-state index in [9.17, 15) is 23.1 Å². The first-order chi connectivity index (χ1) is 18.0. The van der Waals surface area contributed by atoms with Crippen LogP contribution in [-0.4, -0.2) is 67.0 Å². The van der Waals surface area contributed by atoms with Gasteiger partial charge in [0.25, 0.3) is 11.8 Å². The van der Waals surface area contributed by atoms with Crippen molar-refractivity contribution in [2.75, 3.05) is 25.5 Å². The number of aromatic nitrogens is 5. The van der Waals surface area contributed by atoms with E-state index in [4.69, 9.17) is 4.74 Å². The summed E-state index contributed by atoms with van der Waals surface area (Å²) in [5.74, 6) is -0.450. The lowest BCUT2D eigenvalue weighted by Crippen LogP contribution is -2.36. The van der Waals surface area contributed by atoms with E-state index in [1.807, 2.05) is 6.07 Å². The number of hydrogen-bond acceptors (Lipinski definition) is 9. The summed E-state index contributed by atoms with van der Waals surface area (Å²) in [6, 6.07) is 8.76. The number of carbonyl (C=O) groups excluding carboxylic acids is 1. The summed E-state index contributed by atoms with van der Waals surface area (Å²) < 4.78 is 43.9. The Morgan fingerprint density at radius 1 is 1.21 bits per heavy atom. The molecular weight excluding hydrogens is 523 g/mol. The first-order valence-electron chi connectivity index (χ1n) is 11.4. The van der Waals surface area contributed by atoms with Crippen LogP contribution in [-0.2, 0) is 17.4 Å². The number of alkyl halides is 3. The molecule has 0 radical (unpaired) electrons. The molecule has 1 atom stereocenters. The van der Waals surface area contributed by atoms with Crippen molar-refractivity contribution in [2.24, 2.45) is 7.05 Å². The molecule has 10 nitrogen and oxygen atoms in total. The van der Waals surface area contributed by atoms with E-state index in [1.165, 1.54) is 33.3 Å². The number of amides is 1. The van der Waals surface area contributed by atoms with Crippen molar-refractivity contribution in [3.8, 4) is 27.8 Å². The van der Waals surface area contributed by atoms with Crippen LogP contribution in [0.5, 0.6) is 5.88 Å². The number of ether oxygens (including phenoxy) is 1. The zero-order valence-electron chi connectivity index (χ0n) is 20.2. The highest BCUT2D eigenvalue weighted by Gasteiger charge is 2.45. The molecule has 0 unspecified atom stereocenters. The Morgan fingerprint density at radius 2 is 2.03 bits per heavy atom. The Bertz CT molecular complexity index is 1490. The van der Waals surface area contributed by atoms with Gasteiger partial charge in [0.15, 0.2) is 12.2 Å². The fraction of sp³-hybridized carbons (Fsp3) is 0.292. The molecular formula is C24H22F3N7O3S. The second kappa shape index (κ2) is 9.68. The maximum atomic E-state index is 12.6. The molecule has 14 heteroatoms. The van der Waals surface area contributed by atoms with Crippen LogP contribution in [0.15, 0.2) is 48.1 Å². The molecule has 1 aliphatic rings. The number of benzene rings is 1. The lowest BCUT2D eigenvalue weighted by molar-refractivity contribution is -0.154. The molecule has 1 aromatic carbocycles. The number of nitrogens with zero attached hydrogens (tertiary/aromatic N) is 6. The van der Waals surface area contributed by atoms with Crippen LogP contribution < -0.4 is 10.1 Å². The van der Waals surface area contributed by atoms with Gasteiger partial charge in [-0.05, 0) is 17.7 Å². The SMILES string of the molecule is CN1CC[C@@](O)(c2cccc(-c3nc(-c4ccnc(Nc5cn(C)nc5OCC(F)(F)F)n4)cs3)c2)C1=O. The number of aryl methyl sites for hydroxylation is 1. The van der Waals surface area contributed by atoms with Gasteiger partial charge in [0, 0.05) is 44.2 Å². The zero-order chi connectivity index (χ0) is 27.1. The summed E-state index contributed by atoms with van der Waals surface area (Å²) in [7, 11) is 3.21. The number of hydrogen-bond donors (Lipinski definition) is 2. The molecule has 1 aliphatic heterocycles. The Balaban J connectivity index is 1.36. The maximum absolute atomic E-state index is 12.6. The number of nitrogens with one attached hydrogen (secondary N) is 1. The fourth-order valence-corrected chi connectivity index (χ4v) is 4.86. The molecule has 2 N–H and O–H groups in total. The molecule has 5 rings (SSSR count). The Kier molecular flexibility index (Phi) is 6.53. The number of aliphatic hydroxyl groups is 1. The molecule has 0 spiro atoms. The molecule has 4 heterocycles. The van der Waals surface area contributed by atoms with Crippen molar-refractivity contribution >= 4 is 28.9 Å². The van der Waals surface area contributed by atoms with Gasteiger partial charge in [-0.25, -0.2) is 15.0 Å². The predicted molar refractivity (Wildman–Crippen MR) is 133 cm³/mol. The molecule has 198 valence electrons. The minimum Gasteiger partial charge on any atom is -0.465 e. The van der Waals surface area contributed by atoms with E-state index in [1.54, 1.807) is 43.7 Å². The summed E-state index contributed by atoms with van der Waals surface area (Å²) >= 11 is 1.36. The molecule has 0 aliphatic carbocycles. The molecule has 0 bridgehead atoms. The maximum Gasteiger partial charge on any atom is 0.422 e. The van der Waals surface area contributed by atoms with Crippen molar-refractivity contribution in [2.45, 2.75) is 18.2 Å². The predicted octanol–water partition coefficient (Wildman–Crippen LogP) is 3.74. The van der Waals surface area contributed by atoms with Gasteiger partial charge in [-0.15, -0.1) is 16.4 Å². The lowest BCUT2D eigenvalue weighted by Gasteiger charge is -2.21. The van der Waals surface area contributed by atoms with Crippen LogP contribution >= 0.6 is 11.3 Å². The topological polar surface area (TPSA) is 118 Å². The monoisotopic (exact) mass is 545 g/mol. The zero-order valence-corrected chi connectivity index (χ0v) is 21.0. The third kappa shape index (κ3) is 5.17. The van der Waals surface area contributed by atoms with E-state index in [0.29, 0.717) is 34.9 Å². The molecule has 4 aromatic rings. The largest absolute Gasteiger partial charge is 0.465 e. The van der Waals surface area contributed by atoms with Crippen LogP contribution in [0.25, 0.3) is 22.0 Å². The standard InChI is InChI=1S/C24H22F3N7O3S/c1-33-9-7-23(36,21(33)35)15-5-3-4-14(10-15)20-29-18(12-38-20)16-6-8-28-22(30-16)31-17-11-34(2)32-19(17)37-13-24(25,26)27/h3-6,8,10-12,36H,7,9,13H2,1-2H3,(H,28,30,31)/t23-/m1/s1. The third-order valence-electron chi connectivity index (χ3n) is 5.93. The highest BCUT2D eigenvalue weighted by Crippen LogP contribution is 2.36. The van der Waals surface area contributed by atoms with Crippen LogP contribution in [0, 0.1) is 0 Å². The molecule has 0 saturated carbocycles. The first kappa shape index (κ1) is 25.6. The highest BCUT2D eigenvalue weighted by atomic mass is 32.1. The van der Waals surface area contributed by atoms with Crippen molar-refractivity contribution < 1.29 is 27.8 Å². The average molecular weight is 546 g/mol. The summed E-state index contributed by atoms with van der Waals surface area (Å²) in [4.78, 5) is 27.2. The molecule has 1 fully saturated rings. The first-order valence-corrected chi connectivity index (χ1v) is 12.3. The van der Waals surface area contributed by atoms with Gasteiger partial charge in [0.1, 0.15) is 16.4 Å². The van der Waals surface area contributed by atoms with E-state index in [-0.39, 0.29) is 23.4 Å². The minimum absolute atomic E-state index is 0.120. The molecule has 38 heavy (non-hydrogen) atoms. The number of carbonyl (C=O) groups is 1. The van der Waals surface area contributed by atoms with Gasteiger partial charge in [0.2, 0.25) is 5.95 Å². The van der Waals surface area contributed by atoms with Crippen LogP contribution in [0.3, 0.4) is 0 Å². The van der Waals surface area contributed by atoms with Crippen molar-refractivity contribution in [3.05, 3.63) is 53.7 Å². The number of likely N-dealkylation sites (N-methyl/N-ethyl adjacent to an activating group) is 1. The van der Waals surface area contributed by atoms with Gasteiger partial charge >= 0.3 is 6.18 Å². The highest BCUT2D eigenvalue weighted by molar-refractivity contribution is 7.13. The van der Waals surface area contributed by atoms with Crippen molar-refractivity contribution in [1.82, 2.24) is 29.6 Å². The van der Waals surface area contributed by atoms with Crippen molar-refractivity contribution in [3.63, 3.8) is 0 Å². The number of rotatable bonds is 7. The number of likely N-dealkylation sites (tertiary alicyclic amines) is 1. The lowest BCUT2D eigenvalue weighted by atomic mass is 9.91. The van der Waals surface area contributed by atoms with Crippen LogP contribution in [0.1, 0.15) is 12.0 Å². The van der Waals surface area contributed by atoms with Gasteiger partial charge in [0.05, 0.1) is 11.9 Å². The molecule has 3 aromatic heterocycles. The Labute approximate surface area is 218 Å². The second-order valence-electron chi connectivity index (χ2n) is 8.77. The van der Waals surface area contributed by atoms with Gasteiger partial charge in [-0.2, -0.15) is 13.2 Å². The minimum atomic E-state index is -4.51. The van der Waals surface area contributed by atoms with Crippen LogP contribution in [0.4, 0.5) is 24.8 Å². The van der Waals surface area contributed by atoms with Gasteiger partial charge < -0.3 is 20.1 Å². The second-order valence-corrected chi connectivity index (χ2v) is 9.63. The Hall–Kier alpha value is -4.04.